The van der Waals surface area contributed by atoms with E-state index in [2.05, 4.69) is 36.2 Å². The van der Waals surface area contributed by atoms with Gasteiger partial charge >= 0.3 is 5.97 Å². The minimum absolute atomic E-state index is 0.332. The molecule has 0 saturated carbocycles. The lowest BCUT2D eigenvalue weighted by molar-refractivity contribution is -0.159. The zero-order chi connectivity index (χ0) is 17.7. The van der Waals surface area contributed by atoms with Crippen LogP contribution in [0.2, 0.25) is 0 Å². The molecule has 1 saturated heterocycles. The van der Waals surface area contributed by atoms with Gasteiger partial charge < -0.3 is 14.6 Å². The first-order chi connectivity index (χ1) is 12.1. The molecule has 0 aliphatic carbocycles. The van der Waals surface area contributed by atoms with Crippen LogP contribution in [0.25, 0.3) is 0 Å². The Bertz CT molecular complexity index is 703. The van der Waals surface area contributed by atoms with Crippen LogP contribution in [0.5, 0.6) is 5.88 Å². The van der Waals surface area contributed by atoms with E-state index >= 15 is 0 Å². The first kappa shape index (κ1) is 17.4. The van der Waals surface area contributed by atoms with Gasteiger partial charge in [-0.25, -0.2) is 9.78 Å². The molecule has 1 fully saturated rings. The number of aromatic nitrogens is 1. The van der Waals surface area contributed by atoms with Crippen molar-refractivity contribution in [1.82, 2.24) is 4.98 Å². The van der Waals surface area contributed by atoms with Gasteiger partial charge in [-0.2, -0.15) is 0 Å². The normalized spacial score (nSPS) is 19.7. The first-order valence-electron chi connectivity index (χ1n) is 8.58. The van der Waals surface area contributed by atoms with Crippen LogP contribution in [0.3, 0.4) is 0 Å². The van der Waals surface area contributed by atoms with Crippen LogP contribution in [-0.4, -0.2) is 34.9 Å². The summed E-state index contributed by atoms with van der Waals surface area (Å²) in [5, 5.41) is 9.45. The topological polar surface area (TPSA) is 68.7 Å². The molecule has 0 bridgehead atoms. The lowest BCUT2D eigenvalue weighted by Gasteiger charge is -2.23. The molecule has 0 spiro atoms. The van der Waals surface area contributed by atoms with Gasteiger partial charge in [-0.15, -0.1) is 0 Å². The molecule has 1 unspecified atom stereocenters. The third-order valence-electron chi connectivity index (χ3n) is 4.54. The van der Waals surface area contributed by atoms with Gasteiger partial charge in [0.2, 0.25) is 5.88 Å². The van der Waals surface area contributed by atoms with E-state index in [0.29, 0.717) is 31.9 Å². The smallest absolute Gasteiger partial charge is 0.336 e. The van der Waals surface area contributed by atoms with Crippen LogP contribution in [0.15, 0.2) is 42.6 Å². The zero-order valence-corrected chi connectivity index (χ0v) is 14.4. The second-order valence-corrected chi connectivity index (χ2v) is 6.52. The van der Waals surface area contributed by atoms with Crippen molar-refractivity contribution < 1.29 is 19.4 Å². The third kappa shape index (κ3) is 4.37. The Morgan fingerprint density at radius 2 is 2.00 bits per heavy atom. The Labute approximate surface area is 147 Å². The molecule has 5 nitrogen and oxygen atoms in total. The molecule has 1 aliphatic rings. The molecule has 5 heteroatoms. The SMILES string of the molecule is Cc1ccc(CCOc2ccc(CC3(C(=O)O)CCCO3)cn2)cc1. The zero-order valence-electron chi connectivity index (χ0n) is 14.4. The van der Waals surface area contributed by atoms with E-state index < -0.39 is 11.6 Å². The fourth-order valence-electron chi connectivity index (χ4n) is 3.04. The van der Waals surface area contributed by atoms with E-state index in [-0.39, 0.29) is 0 Å². The quantitative estimate of drug-likeness (QED) is 0.838. The molecule has 2 heterocycles. The molecule has 25 heavy (non-hydrogen) atoms. The van der Waals surface area contributed by atoms with Crippen molar-refractivity contribution in [3.63, 3.8) is 0 Å². The van der Waals surface area contributed by atoms with Crippen LogP contribution >= 0.6 is 0 Å². The molecular formula is C20H23NO4. The van der Waals surface area contributed by atoms with Crippen molar-refractivity contribution in [2.45, 2.75) is 38.2 Å². The lowest BCUT2D eigenvalue weighted by atomic mass is 9.92. The Balaban J connectivity index is 1.53. The minimum Gasteiger partial charge on any atom is -0.479 e. The number of carboxylic acids is 1. The molecule has 1 N–H and O–H groups in total. The highest BCUT2D eigenvalue weighted by atomic mass is 16.5. The van der Waals surface area contributed by atoms with Crippen LogP contribution in [-0.2, 0) is 22.4 Å². The largest absolute Gasteiger partial charge is 0.479 e. The Morgan fingerprint density at radius 3 is 2.60 bits per heavy atom. The van der Waals surface area contributed by atoms with E-state index in [1.165, 1.54) is 11.1 Å². The number of aryl methyl sites for hydroxylation is 1. The van der Waals surface area contributed by atoms with Crippen LogP contribution in [0.1, 0.15) is 29.5 Å². The molecule has 1 atom stereocenters. The van der Waals surface area contributed by atoms with Gasteiger partial charge in [-0.3, -0.25) is 0 Å². The van der Waals surface area contributed by atoms with Crippen LogP contribution in [0.4, 0.5) is 0 Å². The molecule has 132 valence electrons. The maximum atomic E-state index is 11.5. The molecule has 1 aromatic carbocycles. The average molecular weight is 341 g/mol. The highest BCUT2D eigenvalue weighted by Crippen LogP contribution is 2.30. The van der Waals surface area contributed by atoms with Crippen molar-refractivity contribution in [3.05, 3.63) is 59.3 Å². The average Bonchev–Trinajstić information content (AvgIpc) is 3.08. The molecule has 0 radical (unpaired) electrons. The van der Waals surface area contributed by atoms with Gasteiger partial charge in [0.05, 0.1) is 6.61 Å². The summed E-state index contributed by atoms with van der Waals surface area (Å²) < 4.78 is 11.2. The van der Waals surface area contributed by atoms with Crippen molar-refractivity contribution in [3.8, 4) is 5.88 Å². The van der Waals surface area contributed by atoms with E-state index in [4.69, 9.17) is 9.47 Å². The number of hydrogen-bond donors (Lipinski definition) is 1. The first-order valence-corrected chi connectivity index (χ1v) is 8.58. The lowest BCUT2D eigenvalue weighted by Crippen LogP contribution is -2.40. The summed E-state index contributed by atoms with van der Waals surface area (Å²) in [5.41, 5.74) is 2.21. The summed E-state index contributed by atoms with van der Waals surface area (Å²) in [7, 11) is 0. The molecule has 0 amide bonds. The molecular weight excluding hydrogens is 318 g/mol. The van der Waals surface area contributed by atoms with E-state index in [1.807, 2.05) is 6.07 Å². The van der Waals surface area contributed by atoms with E-state index in [9.17, 15) is 9.90 Å². The standard InChI is InChI=1S/C20H23NO4/c1-15-3-5-16(6-4-15)9-12-24-18-8-7-17(14-21-18)13-20(19(22)23)10-2-11-25-20/h3-8,14H,2,9-13H2,1H3,(H,22,23). The maximum absolute atomic E-state index is 11.5. The van der Waals surface area contributed by atoms with Crippen molar-refractivity contribution in [2.24, 2.45) is 0 Å². The summed E-state index contributed by atoms with van der Waals surface area (Å²) in [6, 6.07) is 12.0. The van der Waals surface area contributed by atoms with Gasteiger partial charge in [-0.1, -0.05) is 35.9 Å². The van der Waals surface area contributed by atoms with E-state index in [1.54, 1.807) is 12.3 Å². The van der Waals surface area contributed by atoms with Crippen LogP contribution < -0.4 is 4.74 Å². The second-order valence-electron chi connectivity index (χ2n) is 6.52. The van der Waals surface area contributed by atoms with Gasteiger partial charge in [0.1, 0.15) is 0 Å². The summed E-state index contributed by atoms with van der Waals surface area (Å²) in [6.07, 6.45) is 4.14. The minimum atomic E-state index is -1.10. The highest BCUT2D eigenvalue weighted by molar-refractivity contribution is 5.78. The Kier molecular flexibility index (Phi) is 5.34. The molecule has 1 aromatic heterocycles. The highest BCUT2D eigenvalue weighted by Gasteiger charge is 2.42. The summed E-state index contributed by atoms with van der Waals surface area (Å²) in [5.74, 6) is -0.351. The number of pyridine rings is 1. The number of aliphatic carboxylic acids is 1. The summed E-state index contributed by atoms with van der Waals surface area (Å²) in [6.45, 7) is 3.12. The van der Waals surface area contributed by atoms with Gasteiger partial charge in [0, 0.05) is 31.7 Å². The fourth-order valence-corrected chi connectivity index (χ4v) is 3.04. The predicted octanol–water partition coefficient (Wildman–Crippen LogP) is 3.19. The van der Waals surface area contributed by atoms with Gasteiger partial charge in [0.25, 0.3) is 0 Å². The summed E-state index contributed by atoms with van der Waals surface area (Å²) in [4.78, 5) is 15.8. The molecule has 1 aliphatic heterocycles. The number of hydrogen-bond acceptors (Lipinski definition) is 4. The number of carbonyl (C=O) groups is 1. The van der Waals surface area contributed by atoms with Crippen LogP contribution in [0, 0.1) is 6.92 Å². The monoisotopic (exact) mass is 341 g/mol. The maximum Gasteiger partial charge on any atom is 0.336 e. The molecule has 3 rings (SSSR count). The third-order valence-corrected chi connectivity index (χ3v) is 4.54. The van der Waals surface area contributed by atoms with Crippen molar-refractivity contribution in [2.75, 3.05) is 13.2 Å². The number of carboxylic acid groups (broad SMARTS) is 1. The summed E-state index contributed by atoms with van der Waals surface area (Å²) >= 11 is 0. The predicted molar refractivity (Wildman–Crippen MR) is 93.9 cm³/mol. The number of nitrogens with zero attached hydrogens (tertiary/aromatic N) is 1. The van der Waals surface area contributed by atoms with Gasteiger partial charge in [0.15, 0.2) is 5.60 Å². The number of rotatable bonds is 7. The fraction of sp³-hybridized carbons (Fsp3) is 0.400. The second kappa shape index (κ2) is 7.66. The number of ether oxygens (including phenoxy) is 2. The Morgan fingerprint density at radius 1 is 1.24 bits per heavy atom. The van der Waals surface area contributed by atoms with Crippen molar-refractivity contribution in [1.29, 1.82) is 0 Å². The molecule has 2 aromatic rings. The van der Waals surface area contributed by atoms with Gasteiger partial charge in [-0.05, 0) is 30.9 Å². The van der Waals surface area contributed by atoms with E-state index in [0.717, 1.165) is 18.4 Å². The number of benzene rings is 1. The Hall–Kier alpha value is -2.40. The van der Waals surface area contributed by atoms with Crippen molar-refractivity contribution >= 4 is 5.97 Å².